The van der Waals surface area contributed by atoms with Crippen LogP contribution in [-0.2, 0) is 4.74 Å². The van der Waals surface area contributed by atoms with Gasteiger partial charge in [0.15, 0.2) is 0 Å². The molecule has 0 aliphatic carbocycles. The Balaban J connectivity index is 2.26. The van der Waals surface area contributed by atoms with E-state index in [1.54, 1.807) is 0 Å². The monoisotopic (exact) mass is 297 g/mol. The average Bonchev–Trinajstić information content (AvgIpc) is 2.71. The van der Waals surface area contributed by atoms with E-state index in [0.717, 1.165) is 37.5 Å². The molecule has 2 heterocycles. The van der Waals surface area contributed by atoms with E-state index in [9.17, 15) is 4.79 Å². The van der Waals surface area contributed by atoms with Gasteiger partial charge in [-0.05, 0) is 32.5 Å². The first-order chi connectivity index (χ1) is 9.56. The van der Waals surface area contributed by atoms with E-state index in [1.807, 2.05) is 6.07 Å². The van der Waals surface area contributed by atoms with Gasteiger partial charge in [-0.2, -0.15) is 0 Å². The number of esters is 1. The molecule has 2 N–H and O–H groups in total. The zero-order valence-electron chi connectivity index (χ0n) is 12.4. The molecule has 112 valence electrons. The summed E-state index contributed by atoms with van der Waals surface area (Å²) in [4.78, 5) is 16.9. The number of nitrogens with zero attached hydrogens (tertiary/aromatic N) is 2. The number of anilines is 2. The summed E-state index contributed by atoms with van der Waals surface area (Å²) in [5, 5.41) is 1.07. The smallest absolute Gasteiger partial charge is 0.350 e. The number of carbonyl (C=O) groups is 1. The predicted octanol–water partition coefficient (Wildman–Crippen LogP) is 2.04. The highest BCUT2D eigenvalue weighted by Gasteiger charge is 2.25. The fraction of sp³-hybridized carbons (Fsp3) is 0.643. The molecule has 1 aromatic heterocycles. The largest absolute Gasteiger partial charge is 0.465 e. The highest BCUT2D eigenvalue weighted by molar-refractivity contribution is 7.18. The number of thiophene rings is 1. The van der Waals surface area contributed by atoms with Crippen LogP contribution < -0.4 is 10.6 Å². The Morgan fingerprint density at radius 2 is 2.30 bits per heavy atom. The van der Waals surface area contributed by atoms with Gasteiger partial charge in [-0.25, -0.2) is 4.79 Å². The lowest BCUT2D eigenvalue weighted by molar-refractivity contribution is 0.0607. The summed E-state index contributed by atoms with van der Waals surface area (Å²) in [5.74, 6) is -0.348. The molecule has 1 aromatic rings. The van der Waals surface area contributed by atoms with E-state index in [2.05, 4.69) is 23.8 Å². The molecule has 5 nitrogen and oxygen atoms in total. The van der Waals surface area contributed by atoms with Crippen LogP contribution in [0.1, 0.15) is 29.4 Å². The van der Waals surface area contributed by atoms with Crippen molar-refractivity contribution in [2.75, 3.05) is 44.4 Å². The van der Waals surface area contributed by atoms with Crippen molar-refractivity contribution in [1.82, 2.24) is 4.90 Å². The highest BCUT2D eigenvalue weighted by atomic mass is 32.1. The third kappa shape index (κ3) is 3.07. The van der Waals surface area contributed by atoms with Crippen molar-refractivity contribution in [2.24, 2.45) is 0 Å². The van der Waals surface area contributed by atoms with Crippen LogP contribution in [0, 0.1) is 0 Å². The summed E-state index contributed by atoms with van der Waals surface area (Å²) in [6, 6.07) is 2.37. The molecule has 1 saturated heterocycles. The normalized spacial score (nSPS) is 20.8. The molecule has 1 unspecified atom stereocenters. The summed E-state index contributed by atoms with van der Waals surface area (Å²) < 4.78 is 4.78. The van der Waals surface area contributed by atoms with E-state index in [1.165, 1.54) is 18.4 Å². The summed E-state index contributed by atoms with van der Waals surface area (Å²) in [6.45, 7) is 5.36. The highest BCUT2D eigenvalue weighted by Crippen LogP contribution is 2.35. The summed E-state index contributed by atoms with van der Waals surface area (Å²) in [5.41, 5.74) is 6.47. The van der Waals surface area contributed by atoms with Crippen molar-refractivity contribution in [3.05, 3.63) is 10.9 Å². The number of carbonyl (C=O) groups excluding carboxylic acids is 1. The zero-order valence-corrected chi connectivity index (χ0v) is 13.2. The van der Waals surface area contributed by atoms with Gasteiger partial charge in [0, 0.05) is 19.1 Å². The quantitative estimate of drug-likeness (QED) is 0.865. The second-order valence-electron chi connectivity index (χ2n) is 5.23. The van der Waals surface area contributed by atoms with E-state index in [-0.39, 0.29) is 5.97 Å². The maximum absolute atomic E-state index is 11.7. The first-order valence-corrected chi connectivity index (χ1v) is 7.81. The van der Waals surface area contributed by atoms with Crippen LogP contribution in [0.4, 0.5) is 10.7 Å². The number of nitrogens with two attached hydrogens (primary N) is 1. The number of ether oxygens (including phenoxy) is 1. The molecule has 0 amide bonds. The number of hydrogen-bond acceptors (Lipinski definition) is 6. The molecule has 1 atom stereocenters. The van der Waals surface area contributed by atoms with E-state index >= 15 is 0 Å². The Labute approximate surface area is 124 Å². The minimum atomic E-state index is -0.348. The van der Waals surface area contributed by atoms with Gasteiger partial charge in [0.05, 0.1) is 17.8 Å². The third-order valence-electron chi connectivity index (χ3n) is 3.77. The summed E-state index contributed by atoms with van der Waals surface area (Å²) >= 11 is 1.44. The van der Waals surface area contributed by atoms with Gasteiger partial charge in [-0.15, -0.1) is 11.3 Å². The molecule has 0 radical (unpaired) electrons. The maximum Gasteiger partial charge on any atom is 0.350 e. The number of methoxy groups -OCH3 is 1. The van der Waals surface area contributed by atoms with Gasteiger partial charge in [0.2, 0.25) is 0 Å². The van der Waals surface area contributed by atoms with Gasteiger partial charge < -0.3 is 20.3 Å². The van der Waals surface area contributed by atoms with Crippen LogP contribution in [0.25, 0.3) is 0 Å². The summed E-state index contributed by atoms with van der Waals surface area (Å²) in [7, 11) is 3.55. The van der Waals surface area contributed by atoms with Gasteiger partial charge in [0.1, 0.15) is 4.88 Å². The molecular weight excluding hydrogens is 274 g/mol. The summed E-state index contributed by atoms with van der Waals surface area (Å²) in [6.07, 6.45) is 2.20. The molecule has 1 aliphatic rings. The Morgan fingerprint density at radius 3 is 2.95 bits per heavy atom. The number of hydrogen-bond donors (Lipinski definition) is 1. The number of nitrogen functional groups attached to an aromatic ring is 1. The SMILES string of the molecule is CCC1CN(C)CCCN1c1cc(N)c(C(=O)OC)s1. The van der Waals surface area contributed by atoms with Crippen molar-refractivity contribution in [2.45, 2.75) is 25.8 Å². The second-order valence-corrected chi connectivity index (χ2v) is 6.26. The lowest BCUT2D eigenvalue weighted by Gasteiger charge is -2.30. The van der Waals surface area contributed by atoms with Gasteiger partial charge in [-0.1, -0.05) is 6.92 Å². The molecule has 2 rings (SSSR count). The van der Waals surface area contributed by atoms with Crippen molar-refractivity contribution in [1.29, 1.82) is 0 Å². The van der Waals surface area contributed by atoms with Crippen LogP contribution >= 0.6 is 11.3 Å². The fourth-order valence-corrected chi connectivity index (χ4v) is 3.76. The van der Waals surface area contributed by atoms with E-state index in [0.29, 0.717) is 16.6 Å². The van der Waals surface area contributed by atoms with E-state index < -0.39 is 0 Å². The Bertz CT molecular complexity index is 475. The molecule has 1 aliphatic heterocycles. The molecule has 6 heteroatoms. The van der Waals surface area contributed by atoms with Crippen LogP contribution in [0.2, 0.25) is 0 Å². The van der Waals surface area contributed by atoms with Crippen molar-refractivity contribution < 1.29 is 9.53 Å². The van der Waals surface area contributed by atoms with E-state index in [4.69, 9.17) is 10.5 Å². The lowest BCUT2D eigenvalue weighted by Crippen LogP contribution is -2.39. The Morgan fingerprint density at radius 1 is 1.55 bits per heavy atom. The van der Waals surface area contributed by atoms with Crippen LogP contribution in [-0.4, -0.2) is 50.7 Å². The molecule has 1 fully saturated rings. The van der Waals surface area contributed by atoms with Crippen molar-refractivity contribution in [3.63, 3.8) is 0 Å². The average molecular weight is 297 g/mol. The van der Waals surface area contributed by atoms with Crippen LogP contribution in [0.3, 0.4) is 0 Å². The van der Waals surface area contributed by atoms with Crippen LogP contribution in [0.15, 0.2) is 6.07 Å². The molecule has 0 saturated carbocycles. The van der Waals surface area contributed by atoms with Gasteiger partial charge in [-0.3, -0.25) is 0 Å². The van der Waals surface area contributed by atoms with Gasteiger partial charge >= 0.3 is 5.97 Å². The number of likely N-dealkylation sites (N-methyl/N-ethyl adjacent to an activating group) is 1. The van der Waals surface area contributed by atoms with Crippen molar-refractivity contribution >= 4 is 28.0 Å². The standard InChI is InChI=1S/C14H23N3O2S/c1-4-10-9-16(2)6-5-7-17(10)12-8-11(15)13(20-12)14(18)19-3/h8,10H,4-7,9,15H2,1-3H3. The second kappa shape index (κ2) is 6.45. The third-order valence-corrected chi connectivity index (χ3v) is 4.94. The van der Waals surface area contributed by atoms with Crippen molar-refractivity contribution in [3.8, 4) is 0 Å². The maximum atomic E-state index is 11.7. The zero-order chi connectivity index (χ0) is 14.7. The number of rotatable bonds is 3. The fourth-order valence-electron chi connectivity index (χ4n) is 2.67. The minimum absolute atomic E-state index is 0.348. The molecule has 0 spiro atoms. The Kier molecular flexibility index (Phi) is 4.88. The van der Waals surface area contributed by atoms with Gasteiger partial charge in [0.25, 0.3) is 0 Å². The lowest BCUT2D eigenvalue weighted by atomic mass is 10.2. The topological polar surface area (TPSA) is 58.8 Å². The molecular formula is C14H23N3O2S. The first kappa shape index (κ1) is 15.1. The minimum Gasteiger partial charge on any atom is -0.465 e. The Hall–Kier alpha value is -1.27. The molecule has 20 heavy (non-hydrogen) atoms. The predicted molar refractivity (Wildman–Crippen MR) is 83.6 cm³/mol. The first-order valence-electron chi connectivity index (χ1n) is 6.99. The van der Waals surface area contributed by atoms with Crippen LogP contribution in [0.5, 0.6) is 0 Å². The molecule has 0 bridgehead atoms. The molecule has 0 aromatic carbocycles.